The summed E-state index contributed by atoms with van der Waals surface area (Å²) >= 11 is 0. The van der Waals surface area contributed by atoms with Gasteiger partial charge in [0.1, 0.15) is 0 Å². The molecule has 0 spiro atoms. The Hall–Kier alpha value is -3.43. The molecule has 0 bridgehead atoms. The molecule has 0 aliphatic carbocycles. The highest BCUT2D eigenvalue weighted by Gasteiger charge is 2.13. The van der Waals surface area contributed by atoms with Crippen LogP contribution in [0.5, 0.6) is 0 Å². The maximum Gasteiger partial charge on any atom is 0.276 e. The van der Waals surface area contributed by atoms with Gasteiger partial charge in [0.25, 0.3) is 15.7 Å². The van der Waals surface area contributed by atoms with Crippen LogP contribution in [0.25, 0.3) is 10.4 Å². The molecule has 2 aromatic carbocycles. The minimum absolute atomic E-state index is 0.0191. The van der Waals surface area contributed by atoms with Crippen molar-refractivity contribution < 1.29 is 13.3 Å². The highest BCUT2D eigenvalue weighted by Crippen LogP contribution is 2.13. The van der Waals surface area contributed by atoms with Crippen LogP contribution in [0, 0.1) is 10.1 Å². The van der Waals surface area contributed by atoms with Crippen LogP contribution in [0.3, 0.4) is 0 Å². The van der Waals surface area contributed by atoms with E-state index in [2.05, 4.69) is 20.0 Å². The molecule has 0 aliphatic rings. The molecule has 0 saturated heterocycles. The van der Waals surface area contributed by atoms with Crippen molar-refractivity contribution >= 4 is 21.4 Å². The van der Waals surface area contributed by atoms with Crippen LogP contribution in [0.15, 0.2) is 69.7 Å². The smallest absolute Gasteiger partial charge is 0.258 e. The van der Waals surface area contributed by atoms with Gasteiger partial charge in [0.2, 0.25) is 0 Å². The SMILES string of the molecule is [N-]=[N+]=NC/C(=N\NS(=O)(=O)c1ccccc1)c1ccc([N+](=O)[O-])cc1. The molecule has 0 radical (unpaired) electrons. The lowest BCUT2D eigenvalue weighted by Crippen LogP contribution is -2.21. The first-order chi connectivity index (χ1) is 11.9. The lowest BCUT2D eigenvalue weighted by Gasteiger charge is -2.07. The molecule has 0 heterocycles. The Morgan fingerprint density at radius 3 is 2.36 bits per heavy atom. The zero-order chi connectivity index (χ0) is 18.3. The standard InChI is InChI=1S/C14H12N6O4S/c15-18-16-10-14(11-6-8-12(9-7-11)20(21)22)17-19-25(23,24)13-4-2-1-3-5-13/h1-9,19H,10H2/b17-14+. The van der Waals surface area contributed by atoms with Gasteiger partial charge in [-0.25, -0.2) is 0 Å². The van der Waals surface area contributed by atoms with E-state index in [1.807, 2.05) is 0 Å². The van der Waals surface area contributed by atoms with Crippen molar-refractivity contribution in [3.05, 3.63) is 80.7 Å². The predicted octanol–water partition coefficient (Wildman–Crippen LogP) is 2.59. The topological polar surface area (TPSA) is 150 Å². The van der Waals surface area contributed by atoms with Gasteiger partial charge < -0.3 is 0 Å². The molecular weight excluding hydrogens is 348 g/mol. The van der Waals surface area contributed by atoms with Crippen LogP contribution in [0.1, 0.15) is 5.56 Å². The number of nitro groups is 1. The second-order valence-electron chi connectivity index (χ2n) is 4.66. The van der Waals surface area contributed by atoms with Crippen molar-refractivity contribution in [3.63, 3.8) is 0 Å². The average molecular weight is 360 g/mol. The molecule has 0 unspecified atom stereocenters. The predicted molar refractivity (Wildman–Crippen MR) is 90.4 cm³/mol. The molecule has 2 rings (SSSR count). The fraction of sp³-hybridized carbons (Fsp3) is 0.0714. The molecule has 1 N–H and O–H groups in total. The number of hydrogen-bond acceptors (Lipinski definition) is 6. The summed E-state index contributed by atoms with van der Waals surface area (Å²) in [6.45, 7) is -0.231. The summed E-state index contributed by atoms with van der Waals surface area (Å²) in [7, 11) is -3.89. The number of sulfonamides is 1. The van der Waals surface area contributed by atoms with E-state index in [-0.39, 0.29) is 22.8 Å². The molecule has 0 aromatic heterocycles. The van der Waals surface area contributed by atoms with E-state index in [9.17, 15) is 18.5 Å². The first kappa shape index (κ1) is 17.9. The number of rotatable bonds is 7. The quantitative estimate of drug-likeness (QED) is 0.201. The van der Waals surface area contributed by atoms with Crippen LogP contribution in [0.2, 0.25) is 0 Å². The zero-order valence-corrected chi connectivity index (χ0v) is 13.5. The molecule has 11 heteroatoms. The van der Waals surface area contributed by atoms with E-state index in [0.29, 0.717) is 5.56 Å². The van der Waals surface area contributed by atoms with Crippen LogP contribution >= 0.6 is 0 Å². The van der Waals surface area contributed by atoms with Crippen molar-refractivity contribution in [2.24, 2.45) is 10.2 Å². The van der Waals surface area contributed by atoms with Crippen LogP contribution in [0.4, 0.5) is 5.69 Å². The van der Waals surface area contributed by atoms with Gasteiger partial charge in [-0.3, -0.25) is 10.1 Å². The highest BCUT2D eigenvalue weighted by molar-refractivity contribution is 7.89. The third-order valence-electron chi connectivity index (χ3n) is 3.05. The Labute approximate surface area is 142 Å². The maximum atomic E-state index is 12.2. The van der Waals surface area contributed by atoms with E-state index >= 15 is 0 Å². The summed E-state index contributed by atoms with van der Waals surface area (Å²) in [5.74, 6) is 0. The van der Waals surface area contributed by atoms with E-state index in [0.717, 1.165) is 0 Å². The maximum absolute atomic E-state index is 12.2. The number of benzene rings is 2. The first-order valence-electron chi connectivity index (χ1n) is 6.83. The second kappa shape index (κ2) is 7.90. The van der Waals surface area contributed by atoms with Crippen molar-refractivity contribution in [1.82, 2.24) is 4.83 Å². The molecule has 0 saturated carbocycles. The van der Waals surface area contributed by atoms with Gasteiger partial charge in [-0.05, 0) is 35.4 Å². The van der Waals surface area contributed by atoms with Gasteiger partial charge in [-0.15, -0.1) is 0 Å². The van der Waals surface area contributed by atoms with Gasteiger partial charge in [0, 0.05) is 17.0 Å². The van der Waals surface area contributed by atoms with Crippen molar-refractivity contribution in [2.75, 3.05) is 6.54 Å². The van der Waals surface area contributed by atoms with Crippen molar-refractivity contribution in [1.29, 1.82) is 0 Å². The Morgan fingerprint density at radius 1 is 1.16 bits per heavy atom. The molecule has 128 valence electrons. The molecular formula is C14H12N6O4S. The molecule has 0 amide bonds. The van der Waals surface area contributed by atoms with E-state index in [1.165, 1.54) is 36.4 Å². The Balaban J connectivity index is 2.32. The summed E-state index contributed by atoms with van der Waals surface area (Å²) in [6, 6.07) is 12.9. The molecule has 0 fully saturated rings. The number of nitrogens with zero attached hydrogens (tertiary/aromatic N) is 5. The molecule has 25 heavy (non-hydrogen) atoms. The fourth-order valence-corrected chi connectivity index (χ4v) is 2.68. The Kier molecular flexibility index (Phi) is 5.66. The van der Waals surface area contributed by atoms with Gasteiger partial charge in [-0.2, -0.15) is 18.4 Å². The lowest BCUT2D eigenvalue weighted by molar-refractivity contribution is -0.384. The Morgan fingerprint density at radius 2 is 1.80 bits per heavy atom. The second-order valence-corrected chi connectivity index (χ2v) is 6.32. The average Bonchev–Trinajstić information content (AvgIpc) is 2.62. The van der Waals surface area contributed by atoms with Gasteiger partial charge in [-0.1, -0.05) is 23.3 Å². The van der Waals surface area contributed by atoms with Crippen molar-refractivity contribution in [2.45, 2.75) is 4.90 Å². The Bertz CT molecular complexity index is 935. The molecule has 10 nitrogen and oxygen atoms in total. The summed E-state index contributed by atoms with van der Waals surface area (Å²) in [6.07, 6.45) is 0. The fourth-order valence-electron chi connectivity index (χ4n) is 1.83. The van der Waals surface area contributed by atoms with E-state index < -0.39 is 14.9 Å². The molecule has 0 aliphatic heterocycles. The van der Waals surface area contributed by atoms with E-state index in [1.54, 1.807) is 18.2 Å². The summed E-state index contributed by atoms with van der Waals surface area (Å²) in [5.41, 5.74) is 8.83. The third-order valence-corrected chi connectivity index (χ3v) is 4.27. The van der Waals surface area contributed by atoms with Crippen molar-refractivity contribution in [3.8, 4) is 0 Å². The number of nitro benzene ring substituents is 1. The van der Waals surface area contributed by atoms with Crippen LogP contribution < -0.4 is 4.83 Å². The normalized spacial score (nSPS) is 11.4. The van der Waals surface area contributed by atoms with E-state index in [4.69, 9.17) is 5.53 Å². The monoisotopic (exact) mass is 360 g/mol. The largest absolute Gasteiger partial charge is 0.276 e. The lowest BCUT2D eigenvalue weighted by atomic mass is 10.1. The van der Waals surface area contributed by atoms with Crippen LogP contribution in [-0.4, -0.2) is 25.6 Å². The highest BCUT2D eigenvalue weighted by atomic mass is 32.2. The number of hydrazone groups is 1. The molecule has 2 aromatic rings. The van der Waals surface area contributed by atoms with Gasteiger partial charge in [0.15, 0.2) is 0 Å². The van der Waals surface area contributed by atoms with Crippen LogP contribution in [-0.2, 0) is 10.0 Å². The number of azide groups is 1. The number of hydrogen-bond donors (Lipinski definition) is 1. The molecule has 0 atom stereocenters. The third kappa shape index (κ3) is 4.77. The summed E-state index contributed by atoms with van der Waals surface area (Å²) in [4.78, 5) is 14.8. The summed E-state index contributed by atoms with van der Waals surface area (Å²) < 4.78 is 24.3. The first-order valence-corrected chi connectivity index (χ1v) is 8.31. The number of nitrogens with one attached hydrogen (secondary N) is 1. The van der Waals surface area contributed by atoms with Gasteiger partial charge in [0.05, 0.1) is 22.1 Å². The minimum atomic E-state index is -3.89. The summed E-state index contributed by atoms with van der Waals surface area (Å²) in [5, 5.41) is 17.8. The van der Waals surface area contributed by atoms with Gasteiger partial charge >= 0.3 is 0 Å². The zero-order valence-electron chi connectivity index (χ0n) is 12.7. The minimum Gasteiger partial charge on any atom is -0.258 e. The number of non-ortho nitro benzene ring substituents is 1.